The van der Waals surface area contributed by atoms with Gasteiger partial charge in [-0.2, -0.15) is 0 Å². The summed E-state index contributed by atoms with van der Waals surface area (Å²) in [5.41, 5.74) is 6.77. The molecule has 1 rings (SSSR count). The van der Waals surface area contributed by atoms with Crippen molar-refractivity contribution in [1.82, 2.24) is 0 Å². The zero-order chi connectivity index (χ0) is 29.8. The minimum atomic E-state index is 0.585. The molecular formula is C36H64ClN. The van der Waals surface area contributed by atoms with Gasteiger partial charge in [0.2, 0.25) is 0 Å². The highest BCUT2D eigenvalue weighted by atomic mass is 35.5. The van der Waals surface area contributed by atoms with Crippen LogP contribution in [0.2, 0.25) is 5.02 Å². The van der Waals surface area contributed by atoms with Gasteiger partial charge in [0.15, 0.2) is 0 Å². The fourth-order valence-electron chi connectivity index (χ4n) is 3.97. The molecule has 1 atom stereocenters. The lowest BCUT2D eigenvalue weighted by Gasteiger charge is -2.20. The minimum absolute atomic E-state index is 0.585. The molecule has 0 fully saturated rings. The lowest BCUT2D eigenvalue weighted by molar-refractivity contribution is 0.662. The summed E-state index contributed by atoms with van der Waals surface area (Å²) >= 11 is 5.78. The predicted molar refractivity (Wildman–Crippen MR) is 180 cm³/mol. The van der Waals surface area contributed by atoms with E-state index in [1.165, 1.54) is 67.2 Å². The van der Waals surface area contributed by atoms with Gasteiger partial charge in [-0.1, -0.05) is 142 Å². The molecule has 0 N–H and O–H groups in total. The van der Waals surface area contributed by atoms with Crippen molar-refractivity contribution in [2.75, 3.05) is 0 Å². The van der Waals surface area contributed by atoms with E-state index in [2.05, 4.69) is 92.4 Å². The molecule has 0 saturated carbocycles. The monoisotopic (exact) mass is 545 g/mol. The van der Waals surface area contributed by atoms with E-state index in [-0.39, 0.29) is 0 Å². The van der Waals surface area contributed by atoms with E-state index >= 15 is 0 Å². The van der Waals surface area contributed by atoms with Crippen LogP contribution in [0.4, 0.5) is 0 Å². The average Bonchev–Trinajstić information content (AvgIpc) is 2.92. The maximum atomic E-state index is 5.78. The van der Waals surface area contributed by atoms with Crippen LogP contribution in [-0.4, -0.2) is 5.71 Å². The van der Waals surface area contributed by atoms with Crippen LogP contribution in [-0.2, 0) is 6.42 Å². The van der Waals surface area contributed by atoms with Crippen LogP contribution < -0.4 is 0 Å². The highest BCUT2D eigenvalue weighted by Crippen LogP contribution is 2.28. The number of aliphatic imine (C=N–C) groups is 1. The summed E-state index contributed by atoms with van der Waals surface area (Å²) in [6, 6.07) is 8.02. The van der Waals surface area contributed by atoms with Gasteiger partial charge >= 0.3 is 0 Å². The van der Waals surface area contributed by atoms with E-state index in [4.69, 9.17) is 11.6 Å². The normalized spacial score (nSPS) is 12.9. The first kappa shape index (κ1) is 40.9. The van der Waals surface area contributed by atoms with Gasteiger partial charge < -0.3 is 0 Å². The minimum Gasteiger partial charge on any atom is -0.261 e. The lowest BCUT2D eigenvalue weighted by Crippen LogP contribution is -2.10. The van der Waals surface area contributed by atoms with Gasteiger partial charge in [0.1, 0.15) is 0 Å². The molecule has 0 heterocycles. The first-order valence-corrected chi connectivity index (χ1v) is 16.0. The molecule has 1 nitrogen and oxygen atoms in total. The standard InChI is InChI=1S/C19H33N.C9H11Cl.C6H14.C2H6/c1-8-12-14-20-17(7)19(16(6)13-9-2)18(11-4)15(5)10-3;1-2-4-8-5-3-6-9(10)7-8;1-3-5-6-4-2;1-2/h11-12,14-15H,8-10,13H2,1-7H3;3,5-7H,2,4H2,1H3;3-6H2,1-2H3;1-2H3/b14-12+,18-11-,19-16-,20-17+;;;. The number of halogens is 1. The second kappa shape index (κ2) is 29.9. The highest BCUT2D eigenvalue weighted by molar-refractivity contribution is 6.30. The van der Waals surface area contributed by atoms with Crippen LogP contribution in [0, 0.1) is 5.92 Å². The number of rotatable bonds is 13. The number of nitrogens with zero attached hydrogens (tertiary/aromatic N) is 1. The van der Waals surface area contributed by atoms with Crippen molar-refractivity contribution in [3.8, 4) is 0 Å². The number of unbranched alkanes of at least 4 members (excludes halogenated alkanes) is 3. The summed E-state index contributed by atoms with van der Waals surface area (Å²) in [6.07, 6.45) is 18.7. The van der Waals surface area contributed by atoms with Crippen molar-refractivity contribution in [1.29, 1.82) is 0 Å². The molecule has 0 aliphatic rings. The van der Waals surface area contributed by atoms with Crippen LogP contribution in [0.25, 0.3) is 0 Å². The Morgan fingerprint density at radius 1 is 0.921 bits per heavy atom. The molecule has 2 heteroatoms. The van der Waals surface area contributed by atoms with E-state index < -0.39 is 0 Å². The quantitative estimate of drug-likeness (QED) is 0.133. The van der Waals surface area contributed by atoms with Gasteiger partial charge in [0, 0.05) is 16.9 Å². The number of hydrogen-bond acceptors (Lipinski definition) is 1. The number of allylic oxidation sites excluding steroid dienone is 5. The Morgan fingerprint density at radius 2 is 1.53 bits per heavy atom. The average molecular weight is 546 g/mol. The maximum Gasteiger partial charge on any atom is 0.0446 e. The molecule has 0 radical (unpaired) electrons. The Kier molecular flexibility index (Phi) is 32.2. The zero-order valence-corrected chi connectivity index (χ0v) is 28.3. The summed E-state index contributed by atoms with van der Waals surface area (Å²) in [5, 5.41) is 0.839. The molecule has 38 heavy (non-hydrogen) atoms. The topological polar surface area (TPSA) is 12.4 Å². The van der Waals surface area contributed by atoms with Crippen molar-refractivity contribution in [3.05, 3.63) is 69.9 Å². The molecule has 1 aromatic rings. The second-order valence-corrected chi connectivity index (χ2v) is 9.99. The first-order valence-electron chi connectivity index (χ1n) is 15.6. The van der Waals surface area contributed by atoms with Crippen molar-refractivity contribution < 1.29 is 0 Å². The Balaban J connectivity index is -0.000000559. The third-order valence-corrected chi connectivity index (χ3v) is 6.39. The molecule has 0 amide bonds. The number of hydrogen-bond donors (Lipinski definition) is 0. The fourth-order valence-corrected chi connectivity index (χ4v) is 4.19. The molecule has 1 unspecified atom stereocenters. The van der Waals surface area contributed by atoms with Crippen LogP contribution in [0.3, 0.4) is 0 Å². The van der Waals surface area contributed by atoms with Crippen molar-refractivity contribution in [2.24, 2.45) is 10.9 Å². The molecule has 220 valence electrons. The lowest BCUT2D eigenvalue weighted by atomic mass is 9.85. The molecule has 0 aliphatic heterocycles. The second-order valence-electron chi connectivity index (χ2n) is 9.55. The highest BCUT2D eigenvalue weighted by Gasteiger charge is 2.16. The predicted octanol–water partition coefficient (Wildman–Crippen LogP) is 13.4. The summed E-state index contributed by atoms with van der Waals surface area (Å²) < 4.78 is 0. The van der Waals surface area contributed by atoms with Crippen molar-refractivity contribution >= 4 is 17.3 Å². The molecule has 0 aliphatic carbocycles. The Labute approximate surface area is 245 Å². The SMILES string of the molecule is CC.CCCCCC.CCCc1cccc(Cl)c1.C\C=C(C(/C(C)=N/C=C/CC)=C(/C)CCC)\C(C)CC. The molecular weight excluding hydrogens is 482 g/mol. The number of benzene rings is 1. The Hall–Kier alpha value is -1.60. The largest absolute Gasteiger partial charge is 0.261 e. The van der Waals surface area contributed by atoms with E-state index in [9.17, 15) is 0 Å². The third kappa shape index (κ3) is 21.3. The molecule has 0 aromatic heterocycles. The smallest absolute Gasteiger partial charge is 0.0446 e. The van der Waals surface area contributed by atoms with Gasteiger partial charge in [0.05, 0.1) is 0 Å². The summed E-state index contributed by atoms with van der Waals surface area (Å²) in [7, 11) is 0. The third-order valence-electron chi connectivity index (χ3n) is 6.15. The van der Waals surface area contributed by atoms with Gasteiger partial charge in [-0.3, -0.25) is 4.99 Å². The Morgan fingerprint density at radius 3 is 1.95 bits per heavy atom. The first-order chi connectivity index (χ1) is 18.3. The van der Waals surface area contributed by atoms with Gasteiger partial charge in [0.25, 0.3) is 0 Å². The zero-order valence-electron chi connectivity index (χ0n) is 27.5. The van der Waals surface area contributed by atoms with E-state index in [1.807, 2.05) is 38.2 Å². The van der Waals surface area contributed by atoms with E-state index in [1.54, 1.807) is 0 Å². The van der Waals surface area contributed by atoms with Crippen molar-refractivity contribution in [3.63, 3.8) is 0 Å². The molecule has 1 aromatic carbocycles. The summed E-state index contributed by atoms with van der Waals surface area (Å²) in [5.74, 6) is 0.585. The Bertz CT molecular complexity index is 778. The van der Waals surface area contributed by atoms with Crippen molar-refractivity contribution in [2.45, 2.75) is 147 Å². The van der Waals surface area contributed by atoms with Gasteiger partial charge in [-0.25, -0.2) is 0 Å². The molecule has 0 spiro atoms. The van der Waals surface area contributed by atoms with E-state index in [0.717, 1.165) is 30.0 Å². The van der Waals surface area contributed by atoms with E-state index in [0.29, 0.717) is 5.92 Å². The maximum absolute atomic E-state index is 5.78. The number of aryl methyl sites for hydroxylation is 1. The fraction of sp³-hybridized carbons (Fsp3) is 0.639. The molecule has 0 bridgehead atoms. The summed E-state index contributed by atoms with van der Waals surface area (Å²) in [4.78, 5) is 4.64. The van der Waals surface area contributed by atoms with Crippen LogP contribution in [0.5, 0.6) is 0 Å². The summed E-state index contributed by atoms with van der Waals surface area (Å²) in [6.45, 7) is 26.1. The van der Waals surface area contributed by atoms with Crippen LogP contribution in [0.15, 0.2) is 64.3 Å². The van der Waals surface area contributed by atoms with Crippen LogP contribution in [0.1, 0.15) is 146 Å². The van der Waals surface area contributed by atoms with Gasteiger partial charge in [-0.15, -0.1) is 0 Å². The van der Waals surface area contributed by atoms with Crippen LogP contribution >= 0.6 is 11.6 Å². The molecule has 0 saturated heterocycles. The van der Waals surface area contributed by atoms with Gasteiger partial charge in [-0.05, 0) is 81.2 Å².